The van der Waals surface area contributed by atoms with Crippen molar-refractivity contribution in [3.8, 4) is 11.5 Å². The number of carbonyl (C=O) groups excluding carboxylic acids is 1. The van der Waals surface area contributed by atoms with E-state index in [1.165, 1.54) is 4.68 Å². The summed E-state index contributed by atoms with van der Waals surface area (Å²) in [5.41, 5.74) is 0.253. The fourth-order valence-corrected chi connectivity index (χ4v) is 2.97. The van der Waals surface area contributed by atoms with Gasteiger partial charge in [0.2, 0.25) is 12.7 Å². The Balaban J connectivity index is 1.62. The van der Waals surface area contributed by atoms with Crippen LogP contribution < -0.4 is 25.2 Å². The smallest absolute Gasteiger partial charge is 0.275 e. The molecule has 3 aromatic rings. The van der Waals surface area contributed by atoms with Gasteiger partial charge in [-0.3, -0.25) is 9.59 Å². The molecule has 0 radical (unpaired) electrons. The third kappa shape index (κ3) is 3.17. The average molecular weight is 366 g/mol. The van der Waals surface area contributed by atoms with E-state index < -0.39 is 0 Å². The van der Waals surface area contributed by atoms with E-state index in [0.29, 0.717) is 28.4 Å². The molecule has 138 valence electrons. The summed E-state index contributed by atoms with van der Waals surface area (Å²) < 4.78 is 11.7. The van der Waals surface area contributed by atoms with Crippen LogP contribution in [-0.4, -0.2) is 36.6 Å². The largest absolute Gasteiger partial charge is 0.454 e. The summed E-state index contributed by atoms with van der Waals surface area (Å²) in [6.45, 7) is -0.0323. The van der Waals surface area contributed by atoms with E-state index in [1.807, 2.05) is 31.1 Å². The van der Waals surface area contributed by atoms with Crippen LogP contribution in [0.4, 0.5) is 11.5 Å². The van der Waals surface area contributed by atoms with Crippen molar-refractivity contribution in [2.24, 2.45) is 0 Å². The summed E-state index contributed by atoms with van der Waals surface area (Å²) in [6, 6.07) is 12.3. The van der Waals surface area contributed by atoms with Crippen molar-refractivity contribution in [2.45, 2.75) is 6.54 Å². The molecular weight excluding hydrogens is 348 g/mol. The molecule has 1 aromatic heterocycles. The van der Waals surface area contributed by atoms with Crippen molar-refractivity contribution >= 4 is 28.2 Å². The standard InChI is InChI=1S/C19H18N4O4/c1-22(2)18-13-5-3-4-6-14(13)19(25)23(21-18)10-17(24)20-12-7-8-15-16(9-12)27-11-26-15/h3-9H,10-11H2,1-2H3,(H,20,24). The number of rotatable bonds is 4. The Bertz CT molecular complexity index is 1090. The Morgan fingerprint density at radius 3 is 2.67 bits per heavy atom. The number of fused-ring (bicyclic) bond motifs is 2. The summed E-state index contributed by atoms with van der Waals surface area (Å²) in [7, 11) is 3.69. The Morgan fingerprint density at radius 1 is 1.15 bits per heavy atom. The van der Waals surface area contributed by atoms with E-state index in [9.17, 15) is 9.59 Å². The van der Waals surface area contributed by atoms with Crippen LogP contribution in [0.1, 0.15) is 0 Å². The first-order valence-electron chi connectivity index (χ1n) is 8.39. The molecule has 8 heteroatoms. The number of benzene rings is 2. The Morgan fingerprint density at radius 2 is 1.89 bits per heavy atom. The van der Waals surface area contributed by atoms with Gasteiger partial charge >= 0.3 is 0 Å². The van der Waals surface area contributed by atoms with Crippen molar-refractivity contribution in [1.29, 1.82) is 0 Å². The van der Waals surface area contributed by atoms with Gasteiger partial charge in [0.15, 0.2) is 17.3 Å². The molecule has 1 N–H and O–H groups in total. The zero-order valence-electron chi connectivity index (χ0n) is 14.9. The number of hydrogen-bond donors (Lipinski definition) is 1. The third-order valence-electron chi connectivity index (χ3n) is 4.22. The van der Waals surface area contributed by atoms with Crippen LogP contribution >= 0.6 is 0 Å². The van der Waals surface area contributed by atoms with Gasteiger partial charge in [0.25, 0.3) is 5.56 Å². The first-order chi connectivity index (χ1) is 13.0. The van der Waals surface area contributed by atoms with E-state index in [2.05, 4.69) is 10.4 Å². The fraction of sp³-hybridized carbons (Fsp3) is 0.211. The molecule has 1 aliphatic rings. The molecule has 1 amide bonds. The minimum Gasteiger partial charge on any atom is -0.454 e. The van der Waals surface area contributed by atoms with Gasteiger partial charge in [0, 0.05) is 31.2 Å². The van der Waals surface area contributed by atoms with Crippen LogP contribution in [0.3, 0.4) is 0 Å². The number of nitrogens with zero attached hydrogens (tertiary/aromatic N) is 3. The lowest BCUT2D eigenvalue weighted by Gasteiger charge is -2.16. The minimum absolute atomic E-state index is 0.163. The zero-order chi connectivity index (χ0) is 19.0. The molecule has 0 saturated heterocycles. The van der Waals surface area contributed by atoms with E-state index in [1.54, 1.807) is 30.3 Å². The first-order valence-corrected chi connectivity index (χ1v) is 8.39. The second kappa shape index (κ2) is 6.64. The number of anilines is 2. The molecular formula is C19H18N4O4. The molecule has 2 heterocycles. The number of ether oxygens (including phenoxy) is 2. The molecule has 27 heavy (non-hydrogen) atoms. The number of hydrogen-bond acceptors (Lipinski definition) is 6. The molecule has 0 bridgehead atoms. The van der Waals surface area contributed by atoms with Crippen molar-refractivity contribution in [1.82, 2.24) is 9.78 Å². The van der Waals surface area contributed by atoms with Gasteiger partial charge in [0.1, 0.15) is 6.54 Å². The zero-order valence-corrected chi connectivity index (χ0v) is 14.9. The molecule has 2 aromatic carbocycles. The molecule has 0 unspecified atom stereocenters. The van der Waals surface area contributed by atoms with Crippen LogP contribution in [0, 0.1) is 0 Å². The van der Waals surface area contributed by atoms with Gasteiger partial charge in [-0.05, 0) is 18.2 Å². The topological polar surface area (TPSA) is 85.7 Å². The van der Waals surface area contributed by atoms with E-state index in [-0.39, 0.29) is 24.8 Å². The minimum atomic E-state index is -0.358. The number of nitrogens with one attached hydrogen (secondary N) is 1. The van der Waals surface area contributed by atoms with Gasteiger partial charge in [-0.25, -0.2) is 4.68 Å². The first kappa shape index (κ1) is 16.9. The highest BCUT2D eigenvalue weighted by molar-refractivity contribution is 5.93. The summed E-state index contributed by atoms with van der Waals surface area (Å²) in [5, 5.41) is 8.39. The molecule has 0 spiro atoms. The molecule has 0 fully saturated rings. The summed E-state index contributed by atoms with van der Waals surface area (Å²) in [5.74, 6) is 1.48. The Labute approximate surface area is 154 Å². The molecule has 1 aliphatic heterocycles. The van der Waals surface area contributed by atoms with Crippen molar-refractivity contribution < 1.29 is 14.3 Å². The predicted molar refractivity (Wildman–Crippen MR) is 102 cm³/mol. The summed E-state index contributed by atoms with van der Waals surface area (Å²) >= 11 is 0. The van der Waals surface area contributed by atoms with Gasteiger partial charge in [-0.2, -0.15) is 5.10 Å². The van der Waals surface area contributed by atoms with Crippen LogP contribution in [-0.2, 0) is 11.3 Å². The second-order valence-electron chi connectivity index (χ2n) is 6.34. The van der Waals surface area contributed by atoms with Crippen LogP contribution in [0.15, 0.2) is 47.3 Å². The van der Waals surface area contributed by atoms with Crippen LogP contribution in [0.5, 0.6) is 11.5 Å². The average Bonchev–Trinajstić information content (AvgIpc) is 3.11. The summed E-state index contributed by atoms with van der Waals surface area (Å²) in [6.07, 6.45) is 0. The maximum atomic E-state index is 12.7. The molecule has 0 saturated carbocycles. The Hall–Kier alpha value is -3.55. The number of aromatic nitrogens is 2. The van der Waals surface area contributed by atoms with Crippen LogP contribution in [0.2, 0.25) is 0 Å². The number of carbonyl (C=O) groups is 1. The van der Waals surface area contributed by atoms with Gasteiger partial charge in [-0.1, -0.05) is 18.2 Å². The third-order valence-corrected chi connectivity index (χ3v) is 4.22. The monoisotopic (exact) mass is 366 g/mol. The van der Waals surface area contributed by atoms with Gasteiger partial charge in [-0.15, -0.1) is 0 Å². The van der Waals surface area contributed by atoms with E-state index >= 15 is 0 Å². The lowest BCUT2D eigenvalue weighted by Crippen LogP contribution is -2.31. The van der Waals surface area contributed by atoms with Crippen molar-refractivity contribution in [3.63, 3.8) is 0 Å². The maximum Gasteiger partial charge on any atom is 0.275 e. The highest BCUT2D eigenvalue weighted by atomic mass is 16.7. The van der Waals surface area contributed by atoms with Crippen LogP contribution in [0.25, 0.3) is 10.8 Å². The molecule has 0 aliphatic carbocycles. The second-order valence-corrected chi connectivity index (χ2v) is 6.34. The number of amides is 1. The molecule has 4 rings (SSSR count). The molecule has 0 atom stereocenters. The van der Waals surface area contributed by atoms with E-state index in [4.69, 9.17) is 9.47 Å². The normalized spacial score (nSPS) is 12.2. The lowest BCUT2D eigenvalue weighted by atomic mass is 10.2. The maximum absolute atomic E-state index is 12.7. The van der Waals surface area contributed by atoms with Crippen molar-refractivity contribution in [2.75, 3.05) is 31.1 Å². The van der Waals surface area contributed by atoms with Gasteiger partial charge in [0.05, 0.1) is 5.39 Å². The SMILES string of the molecule is CN(C)c1nn(CC(=O)Nc2ccc3c(c2)OCO3)c(=O)c2ccccc12. The van der Waals surface area contributed by atoms with Crippen molar-refractivity contribution in [3.05, 3.63) is 52.8 Å². The Kier molecular flexibility index (Phi) is 4.15. The lowest BCUT2D eigenvalue weighted by molar-refractivity contribution is -0.117. The fourth-order valence-electron chi connectivity index (χ4n) is 2.97. The molecule has 8 nitrogen and oxygen atoms in total. The quantitative estimate of drug-likeness (QED) is 0.758. The highest BCUT2D eigenvalue weighted by Gasteiger charge is 2.16. The summed E-state index contributed by atoms with van der Waals surface area (Å²) in [4.78, 5) is 27.0. The predicted octanol–water partition coefficient (Wildman–Crippen LogP) is 1.83. The highest BCUT2D eigenvalue weighted by Crippen LogP contribution is 2.34. The van der Waals surface area contributed by atoms with E-state index in [0.717, 1.165) is 5.39 Å². The van der Waals surface area contributed by atoms with Gasteiger partial charge < -0.3 is 19.7 Å².